The highest BCUT2D eigenvalue weighted by Gasteiger charge is 2.23. The minimum Gasteiger partial charge on any atom is -0.315 e. The first kappa shape index (κ1) is 12.8. The molecule has 3 rings (SSSR count). The van der Waals surface area contributed by atoms with E-state index in [1.807, 2.05) is 18.5 Å². The fraction of sp³-hybridized carbons (Fsp3) is 0.400. The number of nitrogens with one attached hydrogen (secondary N) is 1. The predicted molar refractivity (Wildman–Crippen MR) is 79.5 cm³/mol. The first-order chi connectivity index (χ1) is 9.45. The van der Waals surface area contributed by atoms with Crippen LogP contribution in [-0.4, -0.2) is 36.1 Å². The van der Waals surface area contributed by atoms with Crippen LogP contribution >= 0.6 is 11.3 Å². The van der Waals surface area contributed by atoms with Gasteiger partial charge >= 0.3 is 0 Å². The van der Waals surface area contributed by atoms with E-state index in [-0.39, 0.29) is 0 Å². The van der Waals surface area contributed by atoms with E-state index in [4.69, 9.17) is 0 Å². The van der Waals surface area contributed by atoms with E-state index < -0.39 is 0 Å². The second-order valence-corrected chi connectivity index (χ2v) is 5.67. The molecule has 3 heterocycles. The summed E-state index contributed by atoms with van der Waals surface area (Å²) in [4.78, 5) is 6.86. The molecule has 2 aromatic rings. The lowest BCUT2D eigenvalue weighted by Gasteiger charge is -2.30. The van der Waals surface area contributed by atoms with Crippen molar-refractivity contribution in [2.75, 3.05) is 26.2 Å². The lowest BCUT2D eigenvalue weighted by molar-refractivity contribution is 0.241. The van der Waals surface area contributed by atoms with Crippen LogP contribution in [0.2, 0.25) is 0 Å². The number of aromatic nitrogens is 1. The molecular weight excluding hydrogens is 254 g/mol. The summed E-state index contributed by atoms with van der Waals surface area (Å²) in [6.07, 6.45) is 5.06. The molecule has 0 aromatic carbocycles. The summed E-state index contributed by atoms with van der Waals surface area (Å²) in [6, 6.07) is 6.80. The molecule has 0 radical (unpaired) electrons. The van der Waals surface area contributed by atoms with Crippen LogP contribution in [0.15, 0.2) is 41.4 Å². The van der Waals surface area contributed by atoms with Gasteiger partial charge in [-0.1, -0.05) is 6.07 Å². The second-order valence-electron chi connectivity index (χ2n) is 4.89. The maximum atomic E-state index is 4.29. The van der Waals surface area contributed by atoms with Gasteiger partial charge in [0.05, 0.1) is 6.04 Å². The maximum absolute atomic E-state index is 4.29. The molecule has 100 valence electrons. The summed E-state index contributed by atoms with van der Waals surface area (Å²) < 4.78 is 0. The molecular formula is C15H19N3S. The van der Waals surface area contributed by atoms with Crippen molar-refractivity contribution in [3.63, 3.8) is 0 Å². The summed E-state index contributed by atoms with van der Waals surface area (Å²) in [5.41, 5.74) is 2.68. The SMILES string of the molecule is c1cncc(C(c2ccsc2)N2CCCNCC2)c1. The van der Waals surface area contributed by atoms with Gasteiger partial charge in [0.15, 0.2) is 0 Å². The van der Waals surface area contributed by atoms with Crippen LogP contribution in [0.5, 0.6) is 0 Å². The van der Waals surface area contributed by atoms with Crippen molar-refractivity contribution in [2.45, 2.75) is 12.5 Å². The van der Waals surface area contributed by atoms with E-state index in [1.54, 1.807) is 11.3 Å². The van der Waals surface area contributed by atoms with Crippen LogP contribution in [0.3, 0.4) is 0 Å². The zero-order valence-corrected chi connectivity index (χ0v) is 11.8. The first-order valence-electron chi connectivity index (χ1n) is 6.82. The normalized spacial score (nSPS) is 18.9. The van der Waals surface area contributed by atoms with Crippen LogP contribution in [0.25, 0.3) is 0 Å². The quantitative estimate of drug-likeness (QED) is 0.931. The van der Waals surface area contributed by atoms with Crippen LogP contribution in [0, 0.1) is 0 Å². The Morgan fingerprint density at radius 1 is 1.21 bits per heavy atom. The summed E-state index contributed by atoms with van der Waals surface area (Å²) in [5.74, 6) is 0. The van der Waals surface area contributed by atoms with Gasteiger partial charge in [0.2, 0.25) is 0 Å². The molecule has 0 aliphatic carbocycles. The van der Waals surface area contributed by atoms with Gasteiger partial charge in [-0.3, -0.25) is 9.88 Å². The molecule has 0 saturated carbocycles. The minimum absolute atomic E-state index is 0.347. The Bertz CT molecular complexity index is 475. The highest BCUT2D eigenvalue weighted by molar-refractivity contribution is 7.08. The van der Waals surface area contributed by atoms with E-state index in [9.17, 15) is 0 Å². The molecule has 1 aliphatic heterocycles. The molecule has 2 aromatic heterocycles. The molecule has 0 bridgehead atoms. The summed E-state index contributed by atoms with van der Waals surface area (Å²) in [5, 5.41) is 7.90. The molecule has 0 spiro atoms. The average molecular weight is 273 g/mol. The topological polar surface area (TPSA) is 28.2 Å². The number of pyridine rings is 1. The lowest BCUT2D eigenvalue weighted by atomic mass is 10.0. The fourth-order valence-electron chi connectivity index (χ4n) is 2.71. The van der Waals surface area contributed by atoms with Crippen molar-refractivity contribution in [3.8, 4) is 0 Å². The molecule has 1 N–H and O–H groups in total. The molecule has 3 nitrogen and oxygen atoms in total. The van der Waals surface area contributed by atoms with Gasteiger partial charge in [-0.25, -0.2) is 0 Å². The van der Waals surface area contributed by atoms with Crippen molar-refractivity contribution >= 4 is 11.3 Å². The number of rotatable bonds is 3. The Balaban J connectivity index is 1.92. The van der Waals surface area contributed by atoms with Gasteiger partial charge in [0, 0.05) is 32.0 Å². The van der Waals surface area contributed by atoms with Crippen molar-refractivity contribution < 1.29 is 0 Å². The Labute approximate surface area is 118 Å². The van der Waals surface area contributed by atoms with Crippen molar-refractivity contribution in [2.24, 2.45) is 0 Å². The fourth-order valence-corrected chi connectivity index (χ4v) is 3.39. The number of thiophene rings is 1. The Morgan fingerprint density at radius 3 is 3.00 bits per heavy atom. The standard InChI is InChI=1S/C15H19N3S/c1-3-13(11-17-5-1)15(14-4-10-19-12-14)18-8-2-6-16-7-9-18/h1,3-5,10-12,15-16H,2,6-9H2. The molecule has 1 aliphatic rings. The molecule has 4 heteroatoms. The second kappa shape index (κ2) is 6.28. The third kappa shape index (κ3) is 3.03. The largest absolute Gasteiger partial charge is 0.315 e. The van der Waals surface area contributed by atoms with E-state index in [1.165, 1.54) is 17.5 Å². The van der Waals surface area contributed by atoms with Crippen LogP contribution in [0.1, 0.15) is 23.6 Å². The Hall–Kier alpha value is -1.23. The van der Waals surface area contributed by atoms with Gasteiger partial charge < -0.3 is 5.32 Å². The molecule has 1 atom stereocenters. The van der Waals surface area contributed by atoms with Gasteiger partial charge in [0.25, 0.3) is 0 Å². The van der Waals surface area contributed by atoms with Crippen molar-refractivity contribution in [1.82, 2.24) is 15.2 Å². The molecule has 0 amide bonds. The first-order valence-corrected chi connectivity index (χ1v) is 7.76. The molecule has 19 heavy (non-hydrogen) atoms. The number of hydrogen-bond donors (Lipinski definition) is 1. The molecule has 1 fully saturated rings. The van der Waals surface area contributed by atoms with Gasteiger partial charge in [0.1, 0.15) is 0 Å². The van der Waals surface area contributed by atoms with Crippen LogP contribution in [0.4, 0.5) is 0 Å². The van der Waals surface area contributed by atoms with E-state index in [0.29, 0.717) is 6.04 Å². The van der Waals surface area contributed by atoms with Crippen LogP contribution in [-0.2, 0) is 0 Å². The van der Waals surface area contributed by atoms with Gasteiger partial charge in [-0.2, -0.15) is 11.3 Å². The Morgan fingerprint density at radius 2 is 2.21 bits per heavy atom. The third-order valence-corrected chi connectivity index (χ3v) is 4.30. The highest BCUT2D eigenvalue weighted by Crippen LogP contribution is 2.29. The smallest absolute Gasteiger partial charge is 0.0625 e. The van der Waals surface area contributed by atoms with Crippen molar-refractivity contribution in [3.05, 3.63) is 52.5 Å². The Kier molecular flexibility index (Phi) is 4.23. The third-order valence-electron chi connectivity index (χ3n) is 3.60. The average Bonchev–Trinajstić information content (AvgIpc) is 2.84. The van der Waals surface area contributed by atoms with E-state index in [2.05, 4.69) is 38.1 Å². The number of hydrogen-bond acceptors (Lipinski definition) is 4. The monoisotopic (exact) mass is 273 g/mol. The highest BCUT2D eigenvalue weighted by atomic mass is 32.1. The van der Waals surface area contributed by atoms with E-state index in [0.717, 1.165) is 26.2 Å². The zero-order chi connectivity index (χ0) is 12.9. The van der Waals surface area contributed by atoms with Crippen molar-refractivity contribution in [1.29, 1.82) is 0 Å². The summed E-state index contributed by atoms with van der Waals surface area (Å²) in [6.45, 7) is 4.43. The summed E-state index contributed by atoms with van der Waals surface area (Å²) in [7, 11) is 0. The lowest BCUT2D eigenvalue weighted by Crippen LogP contribution is -2.32. The maximum Gasteiger partial charge on any atom is 0.0625 e. The van der Waals surface area contributed by atoms with Gasteiger partial charge in [-0.05, 0) is 47.0 Å². The van der Waals surface area contributed by atoms with Crippen LogP contribution < -0.4 is 5.32 Å². The van der Waals surface area contributed by atoms with Gasteiger partial charge in [-0.15, -0.1) is 0 Å². The minimum atomic E-state index is 0.347. The zero-order valence-electron chi connectivity index (χ0n) is 11.0. The molecule has 1 saturated heterocycles. The number of nitrogens with zero attached hydrogens (tertiary/aromatic N) is 2. The summed E-state index contributed by atoms with van der Waals surface area (Å²) >= 11 is 1.77. The molecule has 1 unspecified atom stereocenters. The van der Waals surface area contributed by atoms with E-state index >= 15 is 0 Å². The predicted octanol–water partition coefficient (Wildman–Crippen LogP) is 2.53.